The number of carbonyl (C=O) groups is 1. The second kappa shape index (κ2) is 11.3. The predicted octanol–water partition coefficient (Wildman–Crippen LogP) is -1.42. The first-order chi connectivity index (χ1) is 15.2. The molecule has 0 aromatic carbocycles. The molecular weight excluding hydrogens is 428 g/mol. The second-order valence-corrected chi connectivity index (χ2v) is 8.70. The van der Waals surface area contributed by atoms with E-state index >= 15 is 0 Å². The Bertz CT molecular complexity index is 656. The maximum atomic E-state index is 12.3. The fraction of sp³-hybridized carbons (Fsp3) is 0.857. The summed E-state index contributed by atoms with van der Waals surface area (Å²) in [6.45, 7) is 3.37. The van der Waals surface area contributed by atoms with E-state index in [1.54, 1.807) is 13.0 Å². The maximum Gasteiger partial charge on any atom is 0.333 e. The molecule has 0 aliphatic carbocycles. The van der Waals surface area contributed by atoms with Crippen LogP contribution in [0.4, 0.5) is 0 Å². The summed E-state index contributed by atoms with van der Waals surface area (Å²) in [5.74, 6) is -0.361. The highest BCUT2D eigenvalue weighted by Crippen LogP contribution is 2.26. The van der Waals surface area contributed by atoms with Crippen LogP contribution in [0.3, 0.4) is 0 Å². The average Bonchev–Trinajstić information content (AvgIpc) is 2.76. The van der Waals surface area contributed by atoms with Crippen LogP contribution in [0.2, 0.25) is 0 Å². The Morgan fingerprint density at radius 1 is 0.812 bits per heavy atom. The molecule has 4 bridgehead atoms. The van der Waals surface area contributed by atoms with Crippen molar-refractivity contribution in [1.29, 1.82) is 0 Å². The van der Waals surface area contributed by atoms with Crippen LogP contribution < -0.4 is 0 Å². The number of aliphatic hydroxyl groups is 5. The van der Waals surface area contributed by atoms with Crippen LogP contribution in [-0.4, -0.2) is 107 Å². The minimum atomic E-state index is -1.53. The van der Waals surface area contributed by atoms with Crippen LogP contribution in [0.1, 0.15) is 33.1 Å². The normalized spacial score (nSPS) is 46.8. The van der Waals surface area contributed by atoms with Gasteiger partial charge in [-0.05, 0) is 32.1 Å². The highest BCUT2D eigenvalue weighted by atomic mass is 16.7. The summed E-state index contributed by atoms with van der Waals surface area (Å²) in [5.41, 5.74) is 0.389. The molecule has 0 amide bonds. The van der Waals surface area contributed by atoms with Crippen LogP contribution in [0.25, 0.3) is 0 Å². The summed E-state index contributed by atoms with van der Waals surface area (Å²) in [6.07, 6.45) is -8.21. The van der Waals surface area contributed by atoms with Gasteiger partial charge in [0.25, 0.3) is 0 Å². The van der Waals surface area contributed by atoms with E-state index in [1.807, 2.05) is 6.92 Å². The highest BCUT2D eigenvalue weighted by molar-refractivity contribution is 5.87. The van der Waals surface area contributed by atoms with Gasteiger partial charge in [0.15, 0.2) is 18.7 Å². The van der Waals surface area contributed by atoms with Gasteiger partial charge in [0.2, 0.25) is 0 Å². The minimum absolute atomic E-state index is 0.208. The molecule has 0 saturated carbocycles. The average molecular weight is 462 g/mol. The van der Waals surface area contributed by atoms with Crippen molar-refractivity contribution in [3.63, 3.8) is 0 Å². The first kappa shape index (κ1) is 25.5. The van der Waals surface area contributed by atoms with E-state index < -0.39 is 61.3 Å². The van der Waals surface area contributed by atoms with E-state index in [0.29, 0.717) is 18.4 Å². The Morgan fingerprint density at radius 3 is 2.16 bits per heavy atom. The number of allylic oxidation sites excluding steroid dienone is 1. The topological polar surface area (TPSA) is 164 Å². The smallest absolute Gasteiger partial charge is 0.333 e. The predicted molar refractivity (Wildman–Crippen MR) is 107 cm³/mol. The zero-order chi connectivity index (χ0) is 23.4. The second-order valence-electron chi connectivity index (χ2n) is 8.70. The van der Waals surface area contributed by atoms with E-state index in [1.165, 1.54) is 0 Å². The van der Waals surface area contributed by atoms with Gasteiger partial charge in [-0.2, -0.15) is 0 Å². The van der Waals surface area contributed by atoms with E-state index in [0.717, 1.165) is 6.42 Å². The summed E-state index contributed by atoms with van der Waals surface area (Å²) in [7, 11) is 0. The molecule has 0 aromatic rings. The molecule has 184 valence electrons. The number of esters is 1. The Hall–Kier alpha value is -1.15. The van der Waals surface area contributed by atoms with Gasteiger partial charge in [0.1, 0.15) is 36.6 Å². The summed E-state index contributed by atoms with van der Waals surface area (Å²) in [6, 6.07) is 0. The summed E-state index contributed by atoms with van der Waals surface area (Å²) >= 11 is 0. The first-order valence-corrected chi connectivity index (χ1v) is 11.0. The molecule has 2 saturated heterocycles. The van der Waals surface area contributed by atoms with Crippen molar-refractivity contribution in [2.75, 3.05) is 19.8 Å². The molecule has 11 nitrogen and oxygen atoms in total. The Balaban J connectivity index is 1.74. The van der Waals surface area contributed by atoms with Gasteiger partial charge in [-0.1, -0.05) is 13.0 Å². The van der Waals surface area contributed by atoms with Gasteiger partial charge < -0.3 is 49.2 Å². The molecule has 10 atom stereocenters. The van der Waals surface area contributed by atoms with Crippen LogP contribution >= 0.6 is 0 Å². The van der Waals surface area contributed by atoms with Gasteiger partial charge >= 0.3 is 5.97 Å². The van der Waals surface area contributed by atoms with Gasteiger partial charge in [-0.3, -0.25) is 0 Å². The molecule has 4 heterocycles. The zero-order valence-corrected chi connectivity index (χ0v) is 18.3. The lowest BCUT2D eigenvalue weighted by Crippen LogP contribution is -2.60. The fourth-order valence-corrected chi connectivity index (χ4v) is 3.83. The van der Waals surface area contributed by atoms with Crippen molar-refractivity contribution in [3.8, 4) is 0 Å². The van der Waals surface area contributed by atoms with Crippen LogP contribution in [0.15, 0.2) is 11.6 Å². The molecule has 5 N–H and O–H groups in total. The summed E-state index contributed by atoms with van der Waals surface area (Å²) in [5, 5.41) is 51.3. The fourth-order valence-electron chi connectivity index (χ4n) is 3.83. The van der Waals surface area contributed by atoms with E-state index in [-0.39, 0.29) is 25.7 Å². The summed E-state index contributed by atoms with van der Waals surface area (Å²) < 4.78 is 27.4. The molecule has 4 rings (SSSR count). The Morgan fingerprint density at radius 2 is 1.44 bits per heavy atom. The molecule has 4 aliphatic heterocycles. The van der Waals surface area contributed by atoms with E-state index in [2.05, 4.69) is 0 Å². The van der Waals surface area contributed by atoms with Crippen LogP contribution in [0, 0.1) is 5.92 Å². The zero-order valence-electron chi connectivity index (χ0n) is 18.3. The maximum absolute atomic E-state index is 12.3. The molecule has 0 aromatic heterocycles. The number of rotatable bonds is 0. The number of hydrogen-bond acceptors (Lipinski definition) is 11. The number of aliphatic hydroxyl groups excluding tert-OH is 5. The van der Waals surface area contributed by atoms with Crippen molar-refractivity contribution in [2.24, 2.45) is 5.92 Å². The molecule has 2 fully saturated rings. The van der Waals surface area contributed by atoms with E-state index in [9.17, 15) is 30.3 Å². The third kappa shape index (κ3) is 6.04. The molecule has 4 aliphatic rings. The monoisotopic (exact) mass is 462 g/mol. The number of carbonyl (C=O) groups excluding carboxylic acids is 1. The Labute approximate surface area is 186 Å². The van der Waals surface area contributed by atoms with Gasteiger partial charge in [0.05, 0.1) is 19.8 Å². The molecule has 0 spiro atoms. The van der Waals surface area contributed by atoms with Crippen molar-refractivity contribution >= 4 is 5.97 Å². The van der Waals surface area contributed by atoms with Crippen molar-refractivity contribution in [1.82, 2.24) is 0 Å². The minimum Gasteiger partial charge on any atom is -0.454 e. The number of fused-ring (bicyclic) bond motifs is 11. The van der Waals surface area contributed by atoms with Gasteiger partial charge in [-0.25, -0.2) is 4.79 Å². The molecule has 0 radical (unpaired) electrons. The van der Waals surface area contributed by atoms with Crippen molar-refractivity contribution in [3.05, 3.63) is 11.6 Å². The third-order valence-corrected chi connectivity index (χ3v) is 6.11. The molecule has 1 unspecified atom stereocenters. The highest BCUT2D eigenvalue weighted by Gasteiger charge is 2.46. The molecule has 11 heteroatoms. The lowest BCUT2D eigenvalue weighted by atomic mass is 9.99. The SMILES string of the molecule is C/C1=C/CC[C@H](C)CCO[C@@H]2O[C@H](CO[C@@H]3OC[C@H](OC1=O)[C@H](O)C3O)[C@@H](O)[C@H](O)[C@H]2O. The number of hydrogen-bond donors (Lipinski definition) is 5. The first-order valence-electron chi connectivity index (χ1n) is 11.0. The van der Waals surface area contributed by atoms with Crippen LogP contribution in [0.5, 0.6) is 0 Å². The van der Waals surface area contributed by atoms with Gasteiger partial charge in [0, 0.05) is 5.57 Å². The van der Waals surface area contributed by atoms with Gasteiger partial charge in [-0.15, -0.1) is 0 Å². The lowest BCUT2D eigenvalue weighted by molar-refractivity contribution is -0.321. The Kier molecular flexibility index (Phi) is 9.01. The van der Waals surface area contributed by atoms with E-state index in [4.69, 9.17) is 23.7 Å². The third-order valence-electron chi connectivity index (χ3n) is 6.11. The van der Waals surface area contributed by atoms with Crippen LogP contribution in [-0.2, 0) is 28.5 Å². The lowest BCUT2D eigenvalue weighted by Gasteiger charge is -2.41. The molecular formula is C21H34O11. The summed E-state index contributed by atoms with van der Waals surface area (Å²) in [4.78, 5) is 12.3. The largest absolute Gasteiger partial charge is 0.454 e. The quantitative estimate of drug-likeness (QED) is 0.268. The van der Waals surface area contributed by atoms with Crippen molar-refractivity contribution in [2.45, 2.75) is 88.4 Å². The standard InChI is InChI=1S/C21H34O11/c1-10-4-3-5-11(2)19(27)31-12-8-29-20(17(25)15(12)23)30-9-13-14(22)16(24)18(26)21(32-13)28-7-6-10/h5,10,12-18,20-26H,3-4,6-9H2,1-2H3/b11-5-/t10-,12-,13+,14+,15-,16-,17?,18+,20-,21+/m0/s1. The molecule has 32 heavy (non-hydrogen) atoms. The van der Waals surface area contributed by atoms with Crippen molar-refractivity contribution < 1.29 is 54.0 Å². The number of ether oxygens (including phenoxy) is 5.